The minimum atomic E-state index is 0.665. The van der Waals surface area contributed by atoms with E-state index in [-0.39, 0.29) is 0 Å². The molecule has 4 nitrogen and oxygen atoms in total. The Kier molecular flexibility index (Phi) is 3.23. The molecule has 17 heavy (non-hydrogen) atoms. The number of rotatable bonds is 3. The molecule has 0 unspecified atom stereocenters. The molecule has 0 fully saturated rings. The van der Waals surface area contributed by atoms with Crippen molar-refractivity contribution in [1.29, 1.82) is 0 Å². The molecule has 0 aliphatic heterocycles. The number of aromatic nitrogens is 2. The Hall–Kier alpha value is -2.10. The largest absolute Gasteiger partial charge is 0.399 e. The normalized spacial score (nSPS) is 10.2. The summed E-state index contributed by atoms with van der Waals surface area (Å²) in [6.07, 6.45) is 3.56. The number of hydrogen-bond donors (Lipinski definition) is 2. The van der Waals surface area contributed by atoms with Gasteiger partial charge in [-0.2, -0.15) is 0 Å². The Morgan fingerprint density at radius 3 is 2.65 bits per heavy atom. The second-order valence-electron chi connectivity index (χ2n) is 4.08. The van der Waals surface area contributed by atoms with Crippen LogP contribution in [0.1, 0.15) is 17.0 Å². The lowest BCUT2D eigenvalue weighted by atomic mass is 10.2. The van der Waals surface area contributed by atoms with Crippen LogP contribution in [0.25, 0.3) is 0 Å². The summed E-state index contributed by atoms with van der Waals surface area (Å²) >= 11 is 0. The summed E-state index contributed by atoms with van der Waals surface area (Å²) in [7, 11) is 0. The molecule has 1 aromatic heterocycles. The molecular formula is C13H16N4. The molecular weight excluding hydrogens is 212 g/mol. The molecule has 0 amide bonds. The van der Waals surface area contributed by atoms with Crippen LogP contribution in [0.3, 0.4) is 0 Å². The Labute approximate surface area is 101 Å². The zero-order valence-corrected chi connectivity index (χ0v) is 10.1. The molecule has 0 bridgehead atoms. The molecule has 0 atom stereocenters. The topological polar surface area (TPSA) is 63.8 Å². The van der Waals surface area contributed by atoms with Crippen molar-refractivity contribution in [3.63, 3.8) is 0 Å². The van der Waals surface area contributed by atoms with E-state index in [1.165, 1.54) is 0 Å². The lowest BCUT2D eigenvalue weighted by molar-refractivity contribution is 0.983. The fourth-order valence-corrected chi connectivity index (χ4v) is 1.58. The zero-order valence-electron chi connectivity index (χ0n) is 10.1. The summed E-state index contributed by atoms with van der Waals surface area (Å²) in [6.45, 7) is 4.62. The van der Waals surface area contributed by atoms with Crippen LogP contribution in [-0.4, -0.2) is 9.97 Å². The summed E-state index contributed by atoms with van der Waals surface area (Å²) in [4.78, 5) is 8.50. The standard InChI is InChI=1S/C13H16N4/c1-9-5-11(14)3-4-13(9)17-8-12-7-15-10(2)6-16-12/h3-7,17H,8,14H2,1-2H3. The maximum absolute atomic E-state index is 5.70. The van der Waals surface area contributed by atoms with Crippen LogP contribution in [0.4, 0.5) is 11.4 Å². The van der Waals surface area contributed by atoms with Crippen molar-refractivity contribution < 1.29 is 0 Å². The minimum Gasteiger partial charge on any atom is -0.399 e. The first-order valence-electron chi connectivity index (χ1n) is 5.52. The van der Waals surface area contributed by atoms with E-state index in [0.29, 0.717) is 6.54 Å². The lowest BCUT2D eigenvalue weighted by Gasteiger charge is -2.09. The number of nitrogens with two attached hydrogens (primary N) is 1. The molecule has 2 aromatic rings. The minimum absolute atomic E-state index is 0.665. The van der Waals surface area contributed by atoms with Gasteiger partial charge in [-0.1, -0.05) is 0 Å². The van der Waals surface area contributed by atoms with E-state index >= 15 is 0 Å². The van der Waals surface area contributed by atoms with Gasteiger partial charge in [0.25, 0.3) is 0 Å². The molecule has 3 N–H and O–H groups in total. The third-order valence-corrected chi connectivity index (χ3v) is 2.54. The maximum Gasteiger partial charge on any atom is 0.0777 e. The van der Waals surface area contributed by atoms with Crippen LogP contribution in [0.5, 0.6) is 0 Å². The lowest BCUT2D eigenvalue weighted by Crippen LogP contribution is -2.04. The van der Waals surface area contributed by atoms with Crippen molar-refractivity contribution in [3.05, 3.63) is 47.5 Å². The Balaban J connectivity index is 2.04. The van der Waals surface area contributed by atoms with Crippen LogP contribution < -0.4 is 11.1 Å². The summed E-state index contributed by atoms with van der Waals surface area (Å²) in [6, 6.07) is 5.81. The molecule has 1 heterocycles. The predicted molar refractivity (Wildman–Crippen MR) is 69.7 cm³/mol. The molecule has 0 aliphatic carbocycles. The van der Waals surface area contributed by atoms with Gasteiger partial charge in [0.05, 0.1) is 24.1 Å². The van der Waals surface area contributed by atoms with Crippen LogP contribution in [-0.2, 0) is 6.54 Å². The predicted octanol–water partition coefficient (Wildman–Crippen LogP) is 2.29. The third-order valence-electron chi connectivity index (χ3n) is 2.54. The number of anilines is 2. The van der Waals surface area contributed by atoms with Crippen LogP contribution >= 0.6 is 0 Å². The van der Waals surface area contributed by atoms with Gasteiger partial charge in [0, 0.05) is 17.6 Å². The van der Waals surface area contributed by atoms with Crippen molar-refractivity contribution >= 4 is 11.4 Å². The van der Waals surface area contributed by atoms with E-state index in [1.807, 2.05) is 32.0 Å². The van der Waals surface area contributed by atoms with E-state index in [0.717, 1.165) is 28.3 Å². The van der Waals surface area contributed by atoms with E-state index < -0.39 is 0 Å². The van der Waals surface area contributed by atoms with Gasteiger partial charge in [-0.15, -0.1) is 0 Å². The first-order chi connectivity index (χ1) is 8.15. The molecule has 0 radical (unpaired) electrons. The second kappa shape index (κ2) is 4.82. The Morgan fingerprint density at radius 2 is 2.00 bits per heavy atom. The van der Waals surface area contributed by atoms with Crippen molar-refractivity contribution in [3.8, 4) is 0 Å². The fraction of sp³-hybridized carbons (Fsp3) is 0.231. The molecule has 1 aromatic carbocycles. The number of aryl methyl sites for hydroxylation is 2. The van der Waals surface area contributed by atoms with E-state index in [2.05, 4.69) is 15.3 Å². The van der Waals surface area contributed by atoms with Gasteiger partial charge in [0.2, 0.25) is 0 Å². The van der Waals surface area contributed by atoms with Crippen LogP contribution in [0.2, 0.25) is 0 Å². The highest BCUT2D eigenvalue weighted by atomic mass is 14.9. The third kappa shape index (κ3) is 2.93. The summed E-state index contributed by atoms with van der Waals surface area (Å²) in [5, 5.41) is 3.32. The van der Waals surface area contributed by atoms with Crippen LogP contribution in [0, 0.1) is 13.8 Å². The highest BCUT2D eigenvalue weighted by molar-refractivity contribution is 5.57. The average molecular weight is 228 g/mol. The zero-order chi connectivity index (χ0) is 12.3. The molecule has 4 heteroatoms. The monoisotopic (exact) mass is 228 g/mol. The van der Waals surface area contributed by atoms with Gasteiger partial charge in [0.1, 0.15) is 0 Å². The molecule has 0 saturated carbocycles. The van der Waals surface area contributed by atoms with E-state index in [1.54, 1.807) is 12.4 Å². The SMILES string of the molecule is Cc1cnc(CNc2ccc(N)cc2C)cn1. The summed E-state index contributed by atoms with van der Waals surface area (Å²) < 4.78 is 0. The quantitative estimate of drug-likeness (QED) is 0.791. The van der Waals surface area contributed by atoms with Gasteiger partial charge in [-0.25, -0.2) is 0 Å². The molecule has 88 valence electrons. The van der Waals surface area contributed by atoms with Gasteiger partial charge in [0.15, 0.2) is 0 Å². The van der Waals surface area contributed by atoms with Crippen molar-refractivity contribution in [2.24, 2.45) is 0 Å². The molecule has 0 saturated heterocycles. The van der Waals surface area contributed by atoms with Crippen molar-refractivity contribution in [2.75, 3.05) is 11.1 Å². The number of nitrogens with one attached hydrogen (secondary N) is 1. The maximum atomic E-state index is 5.70. The smallest absolute Gasteiger partial charge is 0.0777 e. The van der Waals surface area contributed by atoms with E-state index in [9.17, 15) is 0 Å². The molecule has 2 rings (SSSR count). The first-order valence-corrected chi connectivity index (χ1v) is 5.52. The molecule has 0 aliphatic rings. The number of hydrogen-bond acceptors (Lipinski definition) is 4. The molecule has 0 spiro atoms. The Bertz CT molecular complexity index is 505. The van der Waals surface area contributed by atoms with Crippen molar-refractivity contribution in [1.82, 2.24) is 9.97 Å². The van der Waals surface area contributed by atoms with Crippen LogP contribution in [0.15, 0.2) is 30.6 Å². The highest BCUT2D eigenvalue weighted by Gasteiger charge is 1.99. The Morgan fingerprint density at radius 1 is 1.18 bits per heavy atom. The average Bonchev–Trinajstić information content (AvgIpc) is 2.30. The van der Waals surface area contributed by atoms with E-state index in [4.69, 9.17) is 5.73 Å². The number of nitrogens with zero attached hydrogens (tertiary/aromatic N) is 2. The fourth-order valence-electron chi connectivity index (χ4n) is 1.58. The van der Waals surface area contributed by atoms with Gasteiger partial charge < -0.3 is 11.1 Å². The van der Waals surface area contributed by atoms with Gasteiger partial charge >= 0.3 is 0 Å². The number of benzene rings is 1. The van der Waals surface area contributed by atoms with Gasteiger partial charge in [-0.3, -0.25) is 9.97 Å². The first kappa shape index (κ1) is 11.4. The highest BCUT2D eigenvalue weighted by Crippen LogP contribution is 2.17. The summed E-state index contributed by atoms with van der Waals surface area (Å²) in [5.74, 6) is 0. The summed E-state index contributed by atoms with van der Waals surface area (Å²) in [5.41, 5.74) is 10.5. The second-order valence-corrected chi connectivity index (χ2v) is 4.08. The van der Waals surface area contributed by atoms with Crippen molar-refractivity contribution in [2.45, 2.75) is 20.4 Å². The van der Waals surface area contributed by atoms with Gasteiger partial charge in [-0.05, 0) is 37.6 Å². The number of nitrogen functional groups attached to an aromatic ring is 1.